The van der Waals surface area contributed by atoms with E-state index in [-0.39, 0.29) is 5.41 Å². The van der Waals surface area contributed by atoms with Crippen LogP contribution in [0, 0.1) is 5.41 Å². The van der Waals surface area contributed by atoms with Gasteiger partial charge in [-0.25, -0.2) is 0 Å². The summed E-state index contributed by atoms with van der Waals surface area (Å²) in [6.07, 6.45) is 0. The lowest BCUT2D eigenvalue weighted by Crippen LogP contribution is -2.43. The Kier molecular flexibility index (Phi) is 5.40. The average Bonchev–Trinajstić information content (AvgIpc) is 2.14. The third-order valence-corrected chi connectivity index (χ3v) is 2.16. The zero-order chi connectivity index (χ0) is 10.3. The van der Waals surface area contributed by atoms with Gasteiger partial charge in [-0.05, 0) is 0 Å². The highest BCUT2D eigenvalue weighted by molar-refractivity contribution is 4.79. The van der Waals surface area contributed by atoms with E-state index in [1.54, 1.807) is 7.11 Å². The van der Waals surface area contributed by atoms with E-state index in [0.717, 1.165) is 19.8 Å². The van der Waals surface area contributed by atoms with Crippen molar-refractivity contribution >= 4 is 0 Å². The molecule has 84 valence electrons. The van der Waals surface area contributed by atoms with Gasteiger partial charge >= 0.3 is 0 Å². The predicted octanol–water partition coefficient (Wildman–Crippen LogP) is 0.703. The second-order valence-corrected chi connectivity index (χ2v) is 3.96. The van der Waals surface area contributed by atoms with E-state index >= 15 is 0 Å². The van der Waals surface area contributed by atoms with E-state index in [2.05, 4.69) is 6.92 Å². The van der Waals surface area contributed by atoms with Crippen molar-refractivity contribution in [3.8, 4) is 0 Å². The van der Waals surface area contributed by atoms with Crippen molar-refractivity contribution in [1.29, 1.82) is 0 Å². The van der Waals surface area contributed by atoms with Gasteiger partial charge < -0.3 is 18.9 Å². The first-order valence-corrected chi connectivity index (χ1v) is 4.99. The van der Waals surface area contributed by atoms with Crippen LogP contribution in [0.3, 0.4) is 0 Å². The fourth-order valence-corrected chi connectivity index (χ4v) is 1.21. The topological polar surface area (TPSA) is 36.9 Å². The van der Waals surface area contributed by atoms with Crippen LogP contribution in [-0.4, -0.2) is 53.4 Å². The highest BCUT2D eigenvalue weighted by atomic mass is 16.5. The van der Waals surface area contributed by atoms with Crippen molar-refractivity contribution in [1.82, 2.24) is 0 Å². The van der Waals surface area contributed by atoms with E-state index < -0.39 is 0 Å². The Labute approximate surface area is 85.5 Å². The average molecular weight is 204 g/mol. The second kappa shape index (κ2) is 6.35. The number of hydrogen-bond acceptors (Lipinski definition) is 4. The van der Waals surface area contributed by atoms with E-state index in [1.165, 1.54) is 0 Å². The molecular weight excluding hydrogens is 184 g/mol. The lowest BCUT2D eigenvalue weighted by atomic mass is 9.90. The van der Waals surface area contributed by atoms with Gasteiger partial charge in [0.2, 0.25) is 0 Å². The molecule has 0 unspecified atom stereocenters. The molecule has 1 fully saturated rings. The predicted molar refractivity (Wildman–Crippen MR) is 52.4 cm³/mol. The van der Waals surface area contributed by atoms with E-state index in [0.29, 0.717) is 26.4 Å². The molecule has 1 aliphatic rings. The number of hydrogen-bond donors (Lipinski definition) is 0. The number of methoxy groups -OCH3 is 1. The highest BCUT2D eigenvalue weighted by Gasteiger charge is 2.33. The minimum absolute atomic E-state index is 0.243. The molecule has 4 heteroatoms. The molecule has 0 aromatic carbocycles. The molecule has 0 N–H and O–H groups in total. The Morgan fingerprint density at radius 3 is 2.29 bits per heavy atom. The van der Waals surface area contributed by atoms with Crippen molar-refractivity contribution in [3.05, 3.63) is 0 Å². The molecule has 0 bridgehead atoms. The van der Waals surface area contributed by atoms with E-state index in [9.17, 15) is 0 Å². The van der Waals surface area contributed by atoms with E-state index in [1.807, 2.05) is 0 Å². The van der Waals surface area contributed by atoms with Crippen molar-refractivity contribution in [2.45, 2.75) is 6.92 Å². The quantitative estimate of drug-likeness (QED) is 0.545. The normalized spacial score (nSPS) is 19.3. The Bertz CT molecular complexity index is 145. The van der Waals surface area contributed by atoms with Gasteiger partial charge in [0.25, 0.3) is 0 Å². The number of rotatable bonds is 8. The first kappa shape index (κ1) is 11.9. The van der Waals surface area contributed by atoms with Crippen molar-refractivity contribution in [3.63, 3.8) is 0 Å². The number of ether oxygens (including phenoxy) is 4. The third kappa shape index (κ3) is 4.37. The maximum Gasteiger partial charge on any atom is 0.0701 e. The molecule has 1 heterocycles. The lowest BCUT2D eigenvalue weighted by Gasteiger charge is -2.37. The molecule has 0 aliphatic carbocycles. The molecule has 0 radical (unpaired) electrons. The zero-order valence-electron chi connectivity index (χ0n) is 9.08. The Balaban J connectivity index is 1.80. The van der Waals surface area contributed by atoms with Gasteiger partial charge in [0.15, 0.2) is 0 Å². The standard InChI is InChI=1S/C10H20O4/c1-10(8-14-9-10)7-13-6-5-12-4-3-11-2/h3-9H2,1-2H3. The van der Waals surface area contributed by atoms with Crippen LogP contribution in [0.2, 0.25) is 0 Å². The van der Waals surface area contributed by atoms with Crippen LogP contribution in [0.15, 0.2) is 0 Å². The SMILES string of the molecule is COCCOCCOCC1(C)COC1. The summed E-state index contributed by atoms with van der Waals surface area (Å²) in [5, 5.41) is 0. The van der Waals surface area contributed by atoms with Crippen LogP contribution in [0.1, 0.15) is 6.92 Å². The van der Waals surface area contributed by atoms with Crippen LogP contribution >= 0.6 is 0 Å². The van der Waals surface area contributed by atoms with Crippen LogP contribution in [0.25, 0.3) is 0 Å². The molecule has 0 atom stereocenters. The molecule has 1 saturated heterocycles. The Hall–Kier alpha value is -0.160. The van der Waals surface area contributed by atoms with Gasteiger partial charge in [0.1, 0.15) is 0 Å². The van der Waals surface area contributed by atoms with Crippen LogP contribution in [0.4, 0.5) is 0 Å². The van der Waals surface area contributed by atoms with Crippen molar-refractivity contribution < 1.29 is 18.9 Å². The van der Waals surface area contributed by atoms with Gasteiger partial charge in [0, 0.05) is 12.5 Å². The summed E-state index contributed by atoms with van der Waals surface area (Å²) in [4.78, 5) is 0. The first-order chi connectivity index (χ1) is 6.77. The first-order valence-electron chi connectivity index (χ1n) is 4.99. The lowest BCUT2D eigenvalue weighted by molar-refractivity contribution is -0.141. The molecule has 0 amide bonds. The van der Waals surface area contributed by atoms with Gasteiger partial charge in [-0.3, -0.25) is 0 Å². The van der Waals surface area contributed by atoms with Gasteiger partial charge in [-0.15, -0.1) is 0 Å². The molecule has 0 aromatic rings. The summed E-state index contributed by atoms with van der Waals surface area (Å²) in [5.41, 5.74) is 0.243. The second-order valence-electron chi connectivity index (χ2n) is 3.96. The highest BCUT2D eigenvalue weighted by Crippen LogP contribution is 2.26. The molecule has 14 heavy (non-hydrogen) atoms. The molecule has 0 aromatic heterocycles. The molecule has 0 spiro atoms. The molecule has 1 rings (SSSR count). The molecule has 4 nitrogen and oxygen atoms in total. The summed E-state index contributed by atoms with van der Waals surface area (Å²) >= 11 is 0. The molecular formula is C10H20O4. The minimum atomic E-state index is 0.243. The van der Waals surface area contributed by atoms with Gasteiger partial charge in [-0.1, -0.05) is 6.92 Å². The maximum absolute atomic E-state index is 5.47. The Morgan fingerprint density at radius 1 is 1.07 bits per heavy atom. The molecule has 1 aliphatic heterocycles. The van der Waals surface area contributed by atoms with Crippen molar-refractivity contribution in [2.75, 3.05) is 53.4 Å². The summed E-state index contributed by atoms with van der Waals surface area (Å²) in [5.74, 6) is 0. The fraction of sp³-hybridized carbons (Fsp3) is 1.00. The minimum Gasteiger partial charge on any atom is -0.382 e. The monoisotopic (exact) mass is 204 g/mol. The van der Waals surface area contributed by atoms with E-state index in [4.69, 9.17) is 18.9 Å². The third-order valence-electron chi connectivity index (χ3n) is 2.16. The summed E-state index contributed by atoms with van der Waals surface area (Å²) in [6, 6.07) is 0. The van der Waals surface area contributed by atoms with Crippen LogP contribution in [-0.2, 0) is 18.9 Å². The van der Waals surface area contributed by atoms with Crippen molar-refractivity contribution in [2.24, 2.45) is 5.41 Å². The zero-order valence-corrected chi connectivity index (χ0v) is 9.08. The largest absolute Gasteiger partial charge is 0.382 e. The van der Waals surface area contributed by atoms with Gasteiger partial charge in [-0.2, -0.15) is 0 Å². The van der Waals surface area contributed by atoms with Gasteiger partial charge in [0.05, 0.1) is 46.2 Å². The Morgan fingerprint density at radius 2 is 1.71 bits per heavy atom. The van der Waals surface area contributed by atoms with Crippen LogP contribution in [0.5, 0.6) is 0 Å². The summed E-state index contributed by atoms with van der Waals surface area (Å²) in [7, 11) is 1.66. The summed E-state index contributed by atoms with van der Waals surface area (Å²) in [6.45, 7) is 7.14. The maximum atomic E-state index is 5.47. The van der Waals surface area contributed by atoms with Crippen LogP contribution < -0.4 is 0 Å². The smallest absolute Gasteiger partial charge is 0.0701 e. The summed E-state index contributed by atoms with van der Waals surface area (Å²) < 4.78 is 20.7. The fourth-order valence-electron chi connectivity index (χ4n) is 1.21. The molecule has 0 saturated carbocycles.